The van der Waals surface area contributed by atoms with Crippen LogP contribution in [0.15, 0.2) is 0 Å². The minimum Gasteiger partial charge on any atom is -0.423 e. The monoisotopic (exact) mass is 424 g/mol. The predicted molar refractivity (Wildman–Crippen MR) is 124 cm³/mol. The Morgan fingerprint density at radius 1 is 0.783 bits per heavy atom. The fourth-order valence-electron chi connectivity index (χ4n) is 5.64. The van der Waals surface area contributed by atoms with Crippen molar-refractivity contribution >= 4 is 53.2 Å². The molecule has 0 aromatic heterocycles. The number of rotatable bonds is 7. The lowest BCUT2D eigenvalue weighted by Crippen LogP contribution is -2.84. The molecule has 0 aromatic carbocycles. The molecule has 0 saturated heterocycles. The molecule has 0 spiro atoms. The molecule has 1 aliphatic carbocycles. The molecular weight excluding hydrogens is 385 g/mol. The normalized spacial score (nSPS) is 23.3. The summed E-state index contributed by atoms with van der Waals surface area (Å²) in [5.41, 5.74) is 0. The fourth-order valence-corrected chi connectivity index (χ4v) is 102. The van der Waals surface area contributed by atoms with E-state index < -0.39 is 29.6 Å². The molecule has 1 fully saturated rings. The molecule has 0 N–H and O–H groups in total. The van der Waals surface area contributed by atoms with E-state index in [2.05, 4.69) is 95.0 Å². The second-order valence-corrected chi connectivity index (χ2v) is 52.3. The molecule has 138 valence electrons. The van der Waals surface area contributed by atoms with Gasteiger partial charge in [0.2, 0.25) is 0 Å². The lowest BCUT2D eigenvalue weighted by atomic mass is 10.3. The summed E-state index contributed by atoms with van der Waals surface area (Å²) in [4.78, 5) is 0. The SMILES string of the molecule is CSC1(SC)CCC(O[Si]([Si](C)(C)C)([Si](C)(C)C)[Si](C)(C)C)C1. The number of hydrogen-bond donors (Lipinski definition) is 0. The van der Waals surface area contributed by atoms with Crippen molar-refractivity contribution in [3.63, 3.8) is 0 Å². The van der Waals surface area contributed by atoms with E-state index in [-0.39, 0.29) is 0 Å². The first-order chi connectivity index (χ1) is 10.2. The van der Waals surface area contributed by atoms with Crippen LogP contribution < -0.4 is 0 Å². The topological polar surface area (TPSA) is 9.23 Å². The molecule has 7 heteroatoms. The zero-order chi connectivity index (χ0) is 18.3. The largest absolute Gasteiger partial charge is 0.423 e. The zero-order valence-electron chi connectivity index (χ0n) is 17.4. The predicted octanol–water partition coefficient (Wildman–Crippen LogP) is 6.17. The summed E-state index contributed by atoms with van der Waals surface area (Å²) in [5, 5.41) is 0. The number of hydrogen-bond acceptors (Lipinski definition) is 3. The maximum atomic E-state index is 7.45. The molecule has 1 saturated carbocycles. The first-order valence-corrected chi connectivity index (χ1v) is 26.8. The highest BCUT2D eigenvalue weighted by Gasteiger charge is 2.64. The van der Waals surface area contributed by atoms with Crippen molar-refractivity contribution in [2.24, 2.45) is 0 Å². The van der Waals surface area contributed by atoms with Crippen LogP contribution in [-0.4, -0.2) is 52.3 Å². The highest BCUT2D eigenvalue weighted by atomic mass is 32.2. The van der Waals surface area contributed by atoms with Crippen molar-refractivity contribution in [3.05, 3.63) is 0 Å². The summed E-state index contributed by atoms with van der Waals surface area (Å²) in [6, 6.07) is 0. The van der Waals surface area contributed by atoms with Crippen LogP contribution >= 0.6 is 23.5 Å². The lowest BCUT2D eigenvalue weighted by Gasteiger charge is -2.57. The number of thioether (sulfide) groups is 2. The second kappa shape index (κ2) is 7.27. The van der Waals surface area contributed by atoms with Gasteiger partial charge in [0.25, 0.3) is 0 Å². The molecule has 1 unspecified atom stereocenters. The van der Waals surface area contributed by atoms with Crippen LogP contribution in [0, 0.1) is 0 Å². The van der Waals surface area contributed by atoms with E-state index >= 15 is 0 Å². The van der Waals surface area contributed by atoms with E-state index in [0.717, 1.165) is 0 Å². The van der Waals surface area contributed by atoms with E-state index in [4.69, 9.17) is 4.43 Å². The Hall–Kier alpha value is 1.53. The third kappa shape index (κ3) is 4.27. The molecule has 1 atom stereocenters. The second-order valence-electron chi connectivity index (χ2n) is 10.2. The van der Waals surface area contributed by atoms with Crippen molar-refractivity contribution in [1.29, 1.82) is 0 Å². The van der Waals surface area contributed by atoms with Gasteiger partial charge in [-0.3, -0.25) is 0 Å². The summed E-state index contributed by atoms with van der Waals surface area (Å²) >= 11 is 4.13. The molecule has 23 heavy (non-hydrogen) atoms. The molecule has 1 rings (SSSR count). The maximum Gasteiger partial charge on any atom is 0.158 e. The zero-order valence-corrected chi connectivity index (χ0v) is 23.1. The minimum atomic E-state index is -1.66. The Morgan fingerprint density at radius 3 is 1.43 bits per heavy atom. The summed E-state index contributed by atoms with van der Waals surface area (Å²) in [6.45, 7) is 22.0. The van der Waals surface area contributed by atoms with Gasteiger partial charge in [-0.25, -0.2) is 0 Å². The molecule has 1 aliphatic rings. The average Bonchev–Trinajstić information content (AvgIpc) is 2.75. The fraction of sp³-hybridized carbons (Fsp3) is 1.00. The van der Waals surface area contributed by atoms with Crippen molar-refractivity contribution in [2.75, 3.05) is 12.5 Å². The van der Waals surface area contributed by atoms with Crippen LogP contribution in [0.25, 0.3) is 0 Å². The summed E-state index contributed by atoms with van der Waals surface area (Å²) in [6.07, 6.45) is 9.00. The van der Waals surface area contributed by atoms with Crippen LogP contribution in [-0.2, 0) is 4.43 Å². The van der Waals surface area contributed by atoms with Crippen LogP contribution in [0.1, 0.15) is 19.3 Å². The third-order valence-corrected chi connectivity index (χ3v) is 76.5. The molecule has 0 bridgehead atoms. The lowest BCUT2D eigenvalue weighted by molar-refractivity contribution is 0.216. The molecule has 0 aliphatic heterocycles. The first-order valence-electron chi connectivity index (χ1n) is 8.94. The van der Waals surface area contributed by atoms with Gasteiger partial charge < -0.3 is 4.43 Å². The minimum absolute atomic E-state index is 0.420. The van der Waals surface area contributed by atoms with Gasteiger partial charge >= 0.3 is 0 Å². The quantitative estimate of drug-likeness (QED) is 0.357. The highest BCUT2D eigenvalue weighted by molar-refractivity contribution is 8.17. The van der Waals surface area contributed by atoms with Crippen molar-refractivity contribution in [1.82, 2.24) is 0 Å². The smallest absolute Gasteiger partial charge is 0.158 e. The van der Waals surface area contributed by atoms with E-state index in [1.165, 1.54) is 19.3 Å². The summed E-state index contributed by atoms with van der Waals surface area (Å²) in [7, 11) is -3.95. The van der Waals surface area contributed by atoms with E-state index in [1.807, 2.05) is 0 Å². The van der Waals surface area contributed by atoms with Gasteiger partial charge in [0.15, 0.2) is 6.87 Å². The van der Waals surface area contributed by atoms with E-state index in [9.17, 15) is 0 Å². The standard InChI is InChI=1S/C16H40OS2Si4/c1-18-16(19-2)13-12-15(14-16)17-23(20(3,4)5,21(6,7)8)22(9,10)11/h15H,12-14H2,1-11H3. The van der Waals surface area contributed by atoms with Gasteiger partial charge in [0.1, 0.15) is 0 Å². The van der Waals surface area contributed by atoms with Crippen molar-refractivity contribution in [2.45, 2.75) is 88.4 Å². The summed E-state index contributed by atoms with van der Waals surface area (Å²) < 4.78 is 7.87. The van der Waals surface area contributed by atoms with Gasteiger partial charge in [-0.15, -0.1) is 23.5 Å². The van der Waals surface area contributed by atoms with Crippen LogP contribution in [0.2, 0.25) is 58.9 Å². The molecule has 1 nitrogen and oxygen atoms in total. The third-order valence-electron chi connectivity index (χ3n) is 5.64. The van der Waals surface area contributed by atoms with Gasteiger partial charge in [-0.05, 0) is 31.8 Å². The molecular formula is C16H40OS2Si4. The van der Waals surface area contributed by atoms with Gasteiger partial charge in [0.05, 0.1) is 26.9 Å². The van der Waals surface area contributed by atoms with Gasteiger partial charge in [-0.1, -0.05) is 58.9 Å². The van der Waals surface area contributed by atoms with Gasteiger partial charge in [0, 0.05) is 6.10 Å². The molecule has 0 aromatic rings. The molecule has 0 amide bonds. The molecule has 0 radical (unpaired) electrons. The van der Waals surface area contributed by atoms with Crippen LogP contribution in [0.3, 0.4) is 0 Å². The Labute approximate surface area is 158 Å². The molecule has 0 heterocycles. The highest BCUT2D eigenvalue weighted by Crippen LogP contribution is 2.50. The van der Waals surface area contributed by atoms with Crippen molar-refractivity contribution in [3.8, 4) is 0 Å². The van der Waals surface area contributed by atoms with Crippen LogP contribution in [0.5, 0.6) is 0 Å². The Morgan fingerprint density at radius 2 is 1.17 bits per heavy atom. The maximum absolute atomic E-state index is 7.45. The first kappa shape index (κ1) is 22.6. The average molecular weight is 425 g/mol. The van der Waals surface area contributed by atoms with Crippen molar-refractivity contribution < 1.29 is 4.43 Å². The van der Waals surface area contributed by atoms with E-state index in [1.54, 1.807) is 0 Å². The summed E-state index contributed by atoms with van der Waals surface area (Å²) in [5.74, 6) is 0. The Kier molecular flexibility index (Phi) is 7.13. The van der Waals surface area contributed by atoms with E-state index in [0.29, 0.717) is 10.2 Å². The Bertz CT molecular complexity index is 370. The Balaban J connectivity index is 3.24. The van der Waals surface area contributed by atoms with Gasteiger partial charge in [-0.2, -0.15) is 0 Å². The van der Waals surface area contributed by atoms with Crippen LogP contribution in [0.4, 0.5) is 0 Å².